The largest absolute Gasteiger partial charge is 0.480 e. The molecule has 1 aliphatic rings. The molecular formula is C19H31N7O5. The summed E-state index contributed by atoms with van der Waals surface area (Å²) in [6, 6.07) is -1.10. The van der Waals surface area contributed by atoms with Gasteiger partial charge in [0.05, 0.1) is 12.4 Å². The number of nitrogen functional groups attached to an aromatic ring is 1. The second kappa shape index (κ2) is 9.83. The molecule has 2 aromatic rings. The highest BCUT2D eigenvalue weighted by Gasteiger charge is 2.45. The third-order valence-electron chi connectivity index (χ3n) is 5.47. The molecular weight excluding hydrogens is 406 g/mol. The van der Waals surface area contributed by atoms with Crippen molar-refractivity contribution in [1.29, 1.82) is 0 Å². The summed E-state index contributed by atoms with van der Waals surface area (Å²) in [4.78, 5) is 23.3. The van der Waals surface area contributed by atoms with Gasteiger partial charge in [-0.3, -0.25) is 9.36 Å². The average molecular weight is 438 g/mol. The first kappa shape index (κ1) is 23.3. The molecule has 3 rings (SSSR count). The van der Waals surface area contributed by atoms with Crippen LogP contribution in [0.3, 0.4) is 0 Å². The molecule has 1 aliphatic heterocycles. The van der Waals surface area contributed by atoms with E-state index in [1.54, 1.807) is 0 Å². The van der Waals surface area contributed by atoms with Gasteiger partial charge in [-0.2, -0.15) is 0 Å². The van der Waals surface area contributed by atoms with Crippen LogP contribution in [0.15, 0.2) is 12.7 Å². The maximum absolute atomic E-state index is 11.1. The number of anilines is 1. The first-order valence-corrected chi connectivity index (χ1v) is 10.3. The lowest BCUT2D eigenvalue weighted by atomic mass is 9.97. The van der Waals surface area contributed by atoms with E-state index in [-0.39, 0.29) is 18.3 Å². The van der Waals surface area contributed by atoms with Crippen LogP contribution in [0.5, 0.6) is 0 Å². The molecule has 0 unspecified atom stereocenters. The standard InChI is InChI=1S/C19H31N7O5/c1-9(2)6-22-10(3-4-11(20)19(29)30)5-12-14(27)15(28)18(31-12)26-8-25-13-16(21)23-7-24-17(13)26/h7-12,14-15,18,22,27-28H,3-6,20H2,1-2H3,(H,29,30)(H2,21,23,24)/t10-,11+,12+,14+,15+,18+/m0/s1. The van der Waals surface area contributed by atoms with Crippen molar-refractivity contribution in [3.8, 4) is 0 Å². The van der Waals surface area contributed by atoms with Crippen molar-refractivity contribution in [2.24, 2.45) is 11.7 Å². The fourth-order valence-electron chi connectivity index (χ4n) is 3.70. The lowest BCUT2D eigenvalue weighted by Gasteiger charge is -2.25. The molecule has 0 aliphatic carbocycles. The van der Waals surface area contributed by atoms with Crippen LogP contribution in [0.4, 0.5) is 5.82 Å². The zero-order valence-electron chi connectivity index (χ0n) is 17.6. The van der Waals surface area contributed by atoms with Crippen molar-refractivity contribution in [2.45, 2.75) is 69.7 Å². The third kappa shape index (κ3) is 5.28. The lowest BCUT2D eigenvalue weighted by molar-refractivity contribution is -0.138. The van der Waals surface area contributed by atoms with E-state index in [0.29, 0.717) is 36.5 Å². The second-order valence-electron chi connectivity index (χ2n) is 8.39. The molecule has 12 nitrogen and oxygen atoms in total. The smallest absolute Gasteiger partial charge is 0.320 e. The Morgan fingerprint density at radius 1 is 1.26 bits per heavy atom. The molecule has 31 heavy (non-hydrogen) atoms. The summed E-state index contributed by atoms with van der Waals surface area (Å²) in [7, 11) is 0. The number of aliphatic hydroxyl groups is 2. The van der Waals surface area contributed by atoms with Crippen molar-refractivity contribution < 1.29 is 24.9 Å². The number of rotatable bonds is 10. The Bertz CT molecular complexity index is 892. The molecule has 6 atom stereocenters. The molecule has 12 heteroatoms. The van der Waals surface area contributed by atoms with E-state index in [9.17, 15) is 15.0 Å². The zero-order valence-corrected chi connectivity index (χ0v) is 17.6. The Kier molecular flexibility index (Phi) is 7.38. The van der Waals surface area contributed by atoms with Crippen molar-refractivity contribution in [3.05, 3.63) is 12.7 Å². The molecule has 2 aromatic heterocycles. The SMILES string of the molecule is CC(C)CN[C@@H](CC[C@@H](N)C(=O)O)C[C@H]1O[C@@H](n2cnc3c(N)ncnc32)[C@H](O)[C@@H]1O. The number of carboxylic acids is 1. The molecule has 0 spiro atoms. The van der Waals surface area contributed by atoms with Crippen molar-refractivity contribution >= 4 is 23.0 Å². The summed E-state index contributed by atoms with van der Waals surface area (Å²) < 4.78 is 7.53. The van der Waals surface area contributed by atoms with Crippen molar-refractivity contribution in [3.63, 3.8) is 0 Å². The van der Waals surface area contributed by atoms with Gasteiger partial charge in [0.25, 0.3) is 0 Å². The van der Waals surface area contributed by atoms with E-state index in [0.717, 1.165) is 0 Å². The minimum Gasteiger partial charge on any atom is -0.480 e. The predicted molar refractivity (Wildman–Crippen MR) is 112 cm³/mol. The second-order valence-corrected chi connectivity index (χ2v) is 8.39. The zero-order chi connectivity index (χ0) is 22.7. The van der Waals surface area contributed by atoms with Gasteiger partial charge in [-0.05, 0) is 31.7 Å². The van der Waals surface area contributed by atoms with E-state index in [2.05, 4.69) is 34.1 Å². The van der Waals surface area contributed by atoms with Crippen LogP contribution in [0.1, 0.15) is 39.3 Å². The van der Waals surface area contributed by atoms with E-state index in [4.69, 9.17) is 21.3 Å². The summed E-state index contributed by atoms with van der Waals surface area (Å²) in [5.41, 5.74) is 12.2. The number of aliphatic hydroxyl groups excluding tert-OH is 2. The monoisotopic (exact) mass is 437 g/mol. The molecule has 0 amide bonds. The minimum absolute atomic E-state index is 0.143. The molecule has 8 N–H and O–H groups in total. The summed E-state index contributed by atoms with van der Waals surface area (Å²) in [6.07, 6.45) is -0.0373. The number of nitrogens with two attached hydrogens (primary N) is 2. The summed E-state index contributed by atoms with van der Waals surface area (Å²) in [6.45, 7) is 4.83. The Labute approximate surface area is 179 Å². The molecule has 0 aromatic carbocycles. The van der Waals surface area contributed by atoms with Gasteiger partial charge in [-0.1, -0.05) is 13.8 Å². The van der Waals surface area contributed by atoms with Crippen LogP contribution in [0, 0.1) is 5.92 Å². The Morgan fingerprint density at radius 3 is 2.68 bits per heavy atom. The van der Waals surface area contributed by atoms with Gasteiger partial charge in [0.1, 0.15) is 30.1 Å². The van der Waals surface area contributed by atoms with Crippen LogP contribution in [-0.4, -0.2) is 77.7 Å². The van der Waals surface area contributed by atoms with Crippen LogP contribution in [-0.2, 0) is 9.53 Å². The molecule has 172 valence electrons. The van der Waals surface area contributed by atoms with Gasteiger partial charge in [0.2, 0.25) is 0 Å². The number of fused-ring (bicyclic) bond motifs is 1. The van der Waals surface area contributed by atoms with Gasteiger partial charge in [0, 0.05) is 6.04 Å². The first-order chi connectivity index (χ1) is 14.7. The van der Waals surface area contributed by atoms with E-state index >= 15 is 0 Å². The van der Waals surface area contributed by atoms with E-state index < -0.39 is 36.6 Å². The quantitative estimate of drug-likeness (QED) is 0.273. The van der Waals surface area contributed by atoms with Gasteiger partial charge in [0.15, 0.2) is 17.7 Å². The summed E-state index contributed by atoms with van der Waals surface area (Å²) >= 11 is 0. The van der Waals surface area contributed by atoms with Crippen molar-refractivity contribution in [2.75, 3.05) is 12.3 Å². The fraction of sp³-hybridized carbons (Fsp3) is 0.684. The number of aliphatic carboxylic acids is 1. The van der Waals surface area contributed by atoms with Crippen molar-refractivity contribution in [1.82, 2.24) is 24.8 Å². The van der Waals surface area contributed by atoms with Crippen LogP contribution >= 0.6 is 0 Å². The number of nitrogens with zero attached hydrogens (tertiary/aromatic N) is 4. The summed E-state index contributed by atoms with van der Waals surface area (Å²) in [5.74, 6) is -0.463. The van der Waals surface area contributed by atoms with Crippen LogP contribution in [0.2, 0.25) is 0 Å². The predicted octanol–water partition coefficient (Wildman–Crippen LogP) is -0.776. The lowest BCUT2D eigenvalue weighted by Crippen LogP contribution is -2.41. The maximum atomic E-state index is 11.1. The highest BCUT2D eigenvalue weighted by atomic mass is 16.6. The van der Waals surface area contributed by atoms with Gasteiger partial charge < -0.3 is 36.8 Å². The molecule has 1 saturated heterocycles. The number of ether oxygens (including phenoxy) is 1. The molecule has 0 bridgehead atoms. The van der Waals surface area contributed by atoms with Crippen LogP contribution in [0.25, 0.3) is 11.2 Å². The molecule has 3 heterocycles. The van der Waals surface area contributed by atoms with E-state index in [1.807, 2.05) is 0 Å². The topological polar surface area (TPSA) is 195 Å². The fourth-order valence-corrected chi connectivity index (χ4v) is 3.70. The Morgan fingerprint density at radius 2 is 2.00 bits per heavy atom. The number of imidazole rings is 1. The van der Waals surface area contributed by atoms with Gasteiger partial charge >= 0.3 is 5.97 Å². The number of carbonyl (C=O) groups is 1. The summed E-state index contributed by atoms with van der Waals surface area (Å²) in [5, 5.41) is 33.7. The average Bonchev–Trinajstić information content (AvgIpc) is 3.26. The molecule has 1 fully saturated rings. The highest BCUT2D eigenvalue weighted by Crippen LogP contribution is 2.34. The third-order valence-corrected chi connectivity index (χ3v) is 5.47. The minimum atomic E-state index is -1.20. The molecule has 0 radical (unpaired) electrons. The number of aromatic nitrogens is 4. The Balaban J connectivity index is 1.72. The van der Waals surface area contributed by atoms with Gasteiger partial charge in [-0.15, -0.1) is 0 Å². The first-order valence-electron chi connectivity index (χ1n) is 10.3. The number of hydrogen-bond donors (Lipinski definition) is 6. The number of nitrogens with one attached hydrogen (secondary N) is 1. The molecule has 0 saturated carbocycles. The maximum Gasteiger partial charge on any atom is 0.320 e. The number of carboxylic acid groups (broad SMARTS) is 1. The van der Waals surface area contributed by atoms with E-state index in [1.165, 1.54) is 17.2 Å². The Hall–Kier alpha value is -2.38. The van der Waals surface area contributed by atoms with Crippen LogP contribution < -0.4 is 16.8 Å². The highest BCUT2D eigenvalue weighted by molar-refractivity contribution is 5.81. The van der Waals surface area contributed by atoms with Gasteiger partial charge in [-0.25, -0.2) is 15.0 Å². The normalized spacial score (nSPS) is 25.9. The number of hydrogen-bond acceptors (Lipinski definition) is 10.